The molecule has 46 heavy (non-hydrogen) atoms. The van der Waals surface area contributed by atoms with E-state index in [1.54, 1.807) is 62.9 Å². The average Bonchev–Trinajstić information content (AvgIpc) is 3.58. The Morgan fingerprint density at radius 2 is 1.91 bits per heavy atom. The van der Waals surface area contributed by atoms with Crippen molar-refractivity contribution in [3.8, 4) is 16.9 Å². The summed E-state index contributed by atoms with van der Waals surface area (Å²) in [6.07, 6.45) is 2.58. The molecular formula is C34H40FN5O5S. The van der Waals surface area contributed by atoms with Crippen LogP contribution in [0.5, 0.6) is 5.75 Å². The molecule has 0 saturated carbocycles. The Kier molecular flexibility index (Phi) is 8.53. The van der Waals surface area contributed by atoms with Gasteiger partial charge in [0.05, 0.1) is 12.2 Å². The SMILES string of the molecule is Cc1nc2c(cc(C(=O)N3CCCN(c4nccs4)CC3)n2C)c(-c2cc(F)c3c(c2C)CCCO3)c1[C@H](OC(C)(C)C)C(=O)O. The molecule has 1 aromatic carbocycles. The molecule has 0 radical (unpaired) electrons. The first-order valence-electron chi connectivity index (χ1n) is 15.6. The third-order valence-corrected chi connectivity index (χ3v) is 9.59. The lowest BCUT2D eigenvalue weighted by atomic mass is 9.86. The van der Waals surface area contributed by atoms with Crippen molar-refractivity contribution in [2.45, 2.75) is 65.6 Å². The lowest BCUT2D eigenvalue weighted by Crippen LogP contribution is -2.36. The highest BCUT2D eigenvalue weighted by Crippen LogP contribution is 2.45. The molecule has 2 aliphatic heterocycles. The van der Waals surface area contributed by atoms with E-state index in [1.807, 2.05) is 17.2 Å². The number of carboxylic acid groups (broad SMARTS) is 1. The molecule has 0 aliphatic carbocycles. The Labute approximate surface area is 271 Å². The van der Waals surface area contributed by atoms with Gasteiger partial charge in [-0.15, -0.1) is 11.3 Å². The highest BCUT2D eigenvalue weighted by atomic mass is 32.1. The highest BCUT2D eigenvalue weighted by molar-refractivity contribution is 7.13. The normalized spacial score (nSPS) is 16.2. The number of aromatic nitrogens is 3. The minimum absolute atomic E-state index is 0.144. The summed E-state index contributed by atoms with van der Waals surface area (Å²) in [4.78, 5) is 40.3. The van der Waals surface area contributed by atoms with Crippen LogP contribution in [0, 0.1) is 19.7 Å². The fraction of sp³-hybridized carbons (Fsp3) is 0.471. The molecule has 1 N–H and O–H groups in total. The van der Waals surface area contributed by atoms with Crippen LogP contribution in [0.2, 0.25) is 0 Å². The zero-order valence-electron chi connectivity index (χ0n) is 27.1. The molecule has 4 aromatic rings. The van der Waals surface area contributed by atoms with Crippen LogP contribution in [-0.2, 0) is 23.0 Å². The van der Waals surface area contributed by atoms with Crippen LogP contribution in [0.15, 0.2) is 23.7 Å². The third-order valence-electron chi connectivity index (χ3n) is 8.76. The second-order valence-corrected chi connectivity index (χ2v) is 13.9. The number of ether oxygens (including phenoxy) is 2. The van der Waals surface area contributed by atoms with E-state index in [-0.39, 0.29) is 11.7 Å². The van der Waals surface area contributed by atoms with E-state index in [4.69, 9.17) is 14.5 Å². The quantitative estimate of drug-likeness (QED) is 0.268. The van der Waals surface area contributed by atoms with Gasteiger partial charge in [0.15, 0.2) is 22.8 Å². The second-order valence-electron chi connectivity index (χ2n) is 13.0. The molecule has 5 heterocycles. The molecule has 3 aromatic heterocycles. The van der Waals surface area contributed by atoms with E-state index in [0.29, 0.717) is 71.8 Å². The van der Waals surface area contributed by atoms with Gasteiger partial charge in [-0.3, -0.25) is 4.79 Å². The van der Waals surface area contributed by atoms with Gasteiger partial charge in [-0.2, -0.15) is 0 Å². The minimum atomic E-state index is -1.39. The second kappa shape index (κ2) is 12.3. The van der Waals surface area contributed by atoms with E-state index in [0.717, 1.165) is 35.6 Å². The first kappa shape index (κ1) is 31.9. The predicted octanol–water partition coefficient (Wildman–Crippen LogP) is 6.07. The molecule has 0 bridgehead atoms. The molecule has 0 unspecified atom stereocenters. The fourth-order valence-corrected chi connectivity index (χ4v) is 7.32. The summed E-state index contributed by atoms with van der Waals surface area (Å²) in [5.74, 6) is -1.58. The van der Waals surface area contributed by atoms with Gasteiger partial charge >= 0.3 is 5.97 Å². The summed E-state index contributed by atoms with van der Waals surface area (Å²) < 4.78 is 29.3. The van der Waals surface area contributed by atoms with Crippen molar-refractivity contribution in [1.82, 2.24) is 19.4 Å². The summed E-state index contributed by atoms with van der Waals surface area (Å²) in [6, 6.07) is 3.19. The Bertz CT molecular complexity index is 1810. The Hall–Kier alpha value is -4.03. The molecule has 2 aliphatic rings. The number of carbonyl (C=O) groups excluding carboxylic acids is 1. The van der Waals surface area contributed by atoms with Crippen LogP contribution in [-0.4, -0.2) is 74.8 Å². The molecular weight excluding hydrogens is 609 g/mol. The number of pyridine rings is 1. The highest BCUT2D eigenvalue weighted by Gasteiger charge is 2.35. The summed E-state index contributed by atoms with van der Waals surface area (Å²) in [5.41, 5.74) is 3.51. The molecule has 1 amide bonds. The van der Waals surface area contributed by atoms with Gasteiger partial charge in [0.25, 0.3) is 5.91 Å². The number of hydrogen-bond donors (Lipinski definition) is 1. The fourth-order valence-electron chi connectivity index (χ4n) is 6.62. The molecule has 1 fully saturated rings. The van der Waals surface area contributed by atoms with Crippen LogP contribution in [0.4, 0.5) is 9.52 Å². The van der Waals surface area contributed by atoms with Crippen LogP contribution in [0.1, 0.15) is 72.6 Å². The van der Waals surface area contributed by atoms with E-state index in [9.17, 15) is 14.7 Å². The zero-order chi connectivity index (χ0) is 32.9. The number of nitrogens with zero attached hydrogens (tertiary/aromatic N) is 5. The van der Waals surface area contributed by atoms with Gasteiger partial charge in [0.2, 0.25) is 0 Å². The number of benzene rings is 1. The lowest BCUT2D eigenvalue weighted by molar-refractivity contribution is -0.160. The van der Waals surface area contributed by atoms with Crippen LogP contribution >= 0.6 is 11.3 Å². The van der Waals surface area contributed by atoms with Gasteiger partial charge < -0.3 is 28.9 Å². The Balaban J connectivity index is 1.53. The van der Waals surface area contributed by atoms with Gasteiger partial charge in [-0.1, -0.05) is 0 Å². The maximum absolute atomic E-state index is 15.7. The summed E-state index contributed by atoms with van der Waals surface area (Å²) in [7, 11) is 1.79. The molecule has 1 atom stereocenters. The molecule has 12 heteroatoms. The standard InChI is InChI=1S/C34H40FN5O5S/c1-19-21-9-7-15-44-28(21)24(35)17-22(19)27-23-18-25(31(41)39-11-8-12-40(14-13-39)33-36-10-16-46-33)38(6)30(23)37-20(2)26(27)29(32(42)43)45-34(3,4)5/h10,16-18,29H,7-9,11-15H2,1-6H3,(H,42,43)/t29-/m0/s1. The van der Waals surface area contributed by atoms with Crippen molar-refractivity contribution in [1.29, 1.82) is 0 Å². The van der Waals surface area contributed by atoms with Crippen LogP contribution in [0.3, 0.4) is 0 Å². The van der Waals surface area contributed by atoms with Crippen LogP contribution < -0.4 is 9.64 Å². The van der Waals surface area contributed by atoms with Crippen molar-refractivity contribution in [2.75, 3.05) is 37.7 Å². The van der Waals surface area contributed by atoms with Gasteiger partial charge in [0.1, 0.15) is 11.3 Å². The largest absolute Gasteiger partial charge is 0.490 e. The van der Waals surface area contributed by atoms with Gasteiger partial charge in [0, 0.05) is 72.6 Å². The first-order valence-corrected chi connectivity index (χ1v) is 16.5. The maximum Gasteiger partial charge on any atom is 0.337 e. The number of carbonyl (C=O) groups is 2. The number of hydrogen-bond acceptors (Lipinski definition) is 8. The predicted molar refractivity (Wildman–Crippen MR) is 175 cm³/mol. The molecule has 1 saturated heterocycles. The number of thiazole rings is 1. The van der Waals surface area contributed by atoms with E-state index < -0.39 is 23.5 Å². The maximum atomic E-state index is 15.7. The number of amides is 1. The smallest absolute Gasteiger partial charge is 0.337 e. The van der Waals surface area contributed by atoms with E-state index in [2.05, 4.69) is 9.88 Å². The number of fused-ring (bicyclic) bond motifs is 2. The van der Waals surface area contributed by atoms with E-state index in [1.165, 1.54) is 6.07 Å². The number of halogens is 1. The number of rotatable bonds is 6. The zero-order valence-corrected chi connectivity index (χ0v) is 28.0. The number of aliphatic carboxylic acids is 1. The van der Waals surface area contributed by atoms with Crippen molar-refractivity contribution >= 4 is 39.4 Å². The van der Waals surface area contributed by atoms with E-state index >= 15 is 4.39 Å². The van der Waals surface area contributed by atoms with Crippen molar-refractivity contribution in [2.24, 2.45) is 7.05 Å². The average molecular weight is 650 g/mol. The topological polar surface area (TPSA) is 110 Å². The Morgan fingerprint density at radius 1 is 1.13 bits per heavy atom. The Morgan fingerprint density at radius 3 is 2.61 bits per heavy atom. The number of carboxylic acids is 1. The van der Waals surface area contributed by atoms with Crippen molar-refractivity contribution in [3.05, 3.63) is 57.6 Å². The number of aryl methyl sites for hydroxylation is 2. The molecule has 10 nitrogen and oxygen atoms in total. The first-order chi connectivity index (χ1) is 21.9. The monoisotopic (exact) mass is 649 g/mol. The molecule has 0 spiro atoms. The number of anilines is 1. The lowest BCUT2D eigenvalue weighted by Gasteiger charge is -2.29. The molecule has 244 valence electrons. The summed E-state index contributed by atoms with van der Waals surface area (Å²) >= 11 is 1.58. The van der Waals surface area contributed by atoms with Gasteiger partial charge in [-0.25, -0.2) is 19.2 Å². The van der Waals surface area contributed by atoms with Crippen molar-refractivity contribution < 1.29 is 28.6 Å². The van der Waals surface area contributed by atoms with Crippen LogP contribution in [0.25, 0.3) is 22.2 Å². The minimum Gasteiger partial charge on any atom is -0.490 e. The van der Waals surface area contributed by atoms with Crippen molar-refractivity contribution in [3.63, 3.8) is 0 Å². The summed E-state index contributed by atoms with van der Waals surface area (Å²) in [5, 5.41) is 13.9. The summed E-state index contributed by atoms with van der Waals surface area (Å²) in [6.45, 7) is 12.0. The molecule has 6 rings (SSSR count). The van der Waals surface area contributed by atoms with Gasteiger partial charge in [-0.05, 0) is 77.1 Å². The third kappa shape index (κ3) is 5.84.